The quantitative estimate of drug-likeness (QED) is 0.555. The summed E-state index contributed by atoms with van der Waals surface area (Å²) in [6.07, 6.45) is -2.02. The highest BCUT2D eigenvalue weighted by atomic mass is 32.1. The van der Waals surface area contributed by atoms with Gasteiger partial charge in [0.1, 0.15) is 0 Å². The number of carbonyl (C=O) groups excluding carboxylic acids is 1. The van der Waals surface area contributed by atoms with E-state index in [0.717, 1.165) is 12.8 Å². The van der Waals surface area contributed by atoms with Crippen LogP contribution in [0.5, 0.6) is 0 Å². The van der Waals surface area contributed by atoms with Crippen LogP contribution in [0.4, 0.5) is 17.6 Å². The predicted molar refractivity (Wildman–Crippen MR) is 54.1 cm³/mol. The molecule has 2 nitrogen and oxygen atoms in total. The van der Waals surface area contributed by atoms with E-state index in [2.05, 4.69) is 12.6 Å². The van der Waals surface area contributed by atoms with Crippen molar-refractivity contribution in [2.75, 3.05) is 12.3 Å². The second-order valence-electron chi connectivity index (χ2n) is 4.17. The molecule has 0 spiro atoms. The maximum Gasteiger partial charge on any atom is 0.324 e. The van der Waals surface area contributed by atoms with Gasteiger partial charge in [-0.25, -0.2) is 8.78 Å². The number of carbonyl (C=O) groups is 1. The van der Waals surface area contributed by atoms with Crippen LogP contribution >= 0.6 is 12.6 Å². The highest BCUT2D eigenvalue weighted by molar-refractivity contribution is 7.80. The summed E-state index contributed by atoms with van der Waals surface area (Å²) in [5.74, 6) is -4.27. The van der Waals surface area contributed by atoms with Crippen molar-refractivity contribution in [2.45, 2.75) is 31.6 Å². The van der Waals surface area contributed by atoms with Gasteiger partial charge in [0.25, 0.3) is 0 Å². The van der Waals surface area contributed by atoms with Crippen LogP contribution in [0.1, 0.15) is 19.3 Å². The van der Waals surface area contributed by atoms with Gasteiger partial charge in [-0.3, -0.25) is 4.79 Å². The second-order valence-corrected chi connectivity index (χ2v) is 4.49. The van der Waals surface area contributed by atoms with Crippen LogP contribution < -0.4 is 5.32 Å². The van der Waals surface area contributed by atoms with E-state index >= 15 is 0 Å². The van der Waals surface area contributed by atoms with Crippen LogP contribution in [0.25, 0.3) is 0 Å². The maximum atomic E-state index is 12.5. The molecule has 1 amide bonds. The van der Waals surface area contributed by atoms with Crippen LogP contribution in [0.15, 0.2) is 0 Å². The van der Waals surface area contributed by atoms with Crippen LogP contribution in [0.2, 0.25) is 0 Å². The molecule has 0 radical (unpaired) electrons. The Labute approximate surface area is 96.2 Å². The lowest BCUT2D eigenvalue weighted by Gasteiger charge is -2.17. The van der Waals surface area contributed by atoms with Crippen molar-refractivity contribution in [1.82, 2.24) is 5.32 Å². The van der Waals surface area contributed by atoms with Gasteiger partial charge in [0.2, 0.25) is 5.91 Å². The molecule has 0 heterocycles. The van der Waals surface area contributed by atoms with Gasteiger partial charge < -0.3 is 5.32 Å². The van der Waals surface area contributed by atoms with Crippen molar-refractivity contribution < 1.29 is 22.4 Å². The van der Waals surface area contributed by atoms with E-state index in [9.17, 15) is 22.4 Å². The Balaban J connectivity index is 2.30. The number of alkyl halides is 4. The lowest BCUT2D eigenvalue weighted by Crippen LogP contribution is -2.42. The Morgan fingerprint density at radius 2 is 2.00 bits per heavy atom. The summed E-state index contributed by atoms with van der Waals surface area (Å²) in [4.78, 5) is 11.2. The van der Waals surface area contributed by atoms with Crippen LogP contribution in [0.3, 0.4) is 0 Å². The van der Waals surface area contributed by atoms with E-state index in [0.29, 0.717) is 5.75 Å². The van der Waals surface area contributed by atoms with Gasteiger partial charge in [0, 0.05) is 6.42 Å². The van der Waals surface area contributed by atoms with E-state index in [4.69, 9.17) is 0 Å². The molecule has 1 fully saturated rings. The van der Waals surface area contributed by atoms with Gasteiger partial charge in [0.15, 0.2) is 0 Å². The van der Waals surface area contributed by atoms with E-state index in [1.807, 2.05) is 5.32 Å². The number of hydrogen-bond donors (Lipinski definition) is 2. The van der Waals surface area contributed by atoms with Crippen molar-refractivity contribution in [3.8, 4) is 0 Å². The first-order chi connectivity index (χ1) is 7.31. The van der Waals surface area contributed by atoms with Crippen molar-refractivity contribution >= 4 is 18.5 Å². The number of halogens is 4. The van der Waals surface area contributed by atoms with Crippen LogP contribution in [-0.2, 0) is 4.79 Å². The highest BCUT2D eigenvalue weighted by Gasteiger charge is 2.44. The molecule has 1 rings (SSSR count). The molecule has 7 heteroatoms. The monoisotopic (exact) mass is 259 g/mol. The van der Waals surface area contributed by atoms with E-state index in [-0.39, 0.29) is 11.8 Å². The summed E-state index contributed by atoms with van der Waals surface area (Å²) in [6.45, 7) is -1.31. The molecule has 1 aliphatic carbocycles. The molecule has 0 saturated heterocycles. The van der Waals surface area contributed by atoms with E-state index in [1.165, 1.54) is 0 Å². The summed E-state index contributed by atoms with van der Waals surface area (Å²) in [7, 11) is 0. The van der Waals surface area contributed by atoms with Crippen molar-refractivity contribution in [3.63, 3.8) is 0 Å². The molecule has 0 aromatic heterocycles. The fraction of sp³-hybridized carbons (Fsp3) is 0.889. The minimum absolute atomic E-state index is 0.0792. The topological polar surface area (TPSA) is 29.1 Å². The summed E-state index contributed by atoms with van der Waals surface area (Å²) in [6, 6.07) is 0. The lowest BCUT2D eigenvalue weighted by molar-refractivity contribution is -0.137. The zero-order valence-corrected chi connectivity index (χ0v) is 9.37. The largest absolute Gasteiger partial charge is 0.350 e. The third-order valence-corrected chi connectivity index (χ3v) is 3.34. The second kappa shape index (κ2) is 4.81. The van der Waals surface area contributed by atoms with Gasteiger partial charge in [-0.15, -0.1) is 0 Å². The molecule has 0 aromatic carbocycles. The summed E-state index contributed by atoms with van der Waals surface area (Å²) >= 11 is 4.05. The van der Waals surface area contributed by atoms with Gasteiger partial charge in [0.05, 0.1) is 6.54 Å². The SMILES string of the molecule is O=C(CC1(CS)CC1)NCC(F)(F)C(F)F. The van der Waals surface area contributed by atoms with Gasteiger partial charge in [-0.1, -0.05) is 0 Å². The molecule has 1 aliphatic rings. The molecule has 94 valence electrons. The third kappa shape index (κ3) is 3.54. The van der Waals surface area contributed by atoms with Crippen LogP contribution in [-0.4, -0.2) is 30.6 Å². The van der Waals surface area contributed by atoms with Crippen molar-refractivity contribution in [2.24, 2.45) is 5.41 Å². The summed E-state index contributed by atoms with van der Waals surface area (Å²) in [5, 5.41) is 1.83. The average Bonchev–Trinajstić information content (AvgIpc) is 2.95. The zero-order chi connectivity index (χ0) is 12.4. The molecule has 0 unspecified atom stereocenters. The molecular weight excluding hydrogens is 246 g/mol. The Morgan fingerprint density at radius 3 is 2.38 bits per heavy atom. The van der Waals surface area contributed by atoms with Gasteiger partial charge in [-0.2, -0.15) is 21.4 Å². The first-order valence-electron chi connectivity index (χ1n) is 4.85. The average molecular weight is 259 g/mol. The van der Waals surface area contributed by atoms with Crippen molar-refractivity contribution in [3.05, 3.63) is 0 Å². The van der Waals surface area contributed by atoms with Gasteiger partial charge in [-0.05, 0) is 24.0 Å². The first-order valence-corrected chi connectivity index (χ1v) is 5.48. The third-order valence-electron chi connectivity index (χ3n) is 2.67. The minimum atomic E-state index is -4.16. The molecule has 1 saturated carbocycles. The molecule has 0 bridgehead atoms. The summed E-state index contributed by atoms with van der Waals surface area (Å²) in [5.41, 5.74) is -0.201. The maximum absolute atomic E-state index is 12.5. The molecular formula is C9H13F4NOS. The smallest absolute Gasteiger partial charge is 0.324 e. The number of amides is 1. The fourth-order valence-corrected chi connectivity index (χ4v) is 1.69. The molecule has 16 heavy (non-hydrogen) atoms. The first kappa shape index (κ1) is 13.6. The summed E-state index contributed by atoms with van der Waals surface area (Å²) < 4.78 is 48.4. The molecule has 1 N–H and O–H groups in total. The number of nitrogens with one attached hydrogen (secondary N) is 1. The standard InChI is InChI=1S/C9H13F4NOS/c10-7(11)9(12,13)4-14-6(15)3-8(5-16)1-2-8/h7,16H,1-5H2,(H,14,15). The number of thiol groups is 1. The van der Waals surface area contributed by atoms with Gasteiger partial charge >= 0.3 is 12.3 Å². The normalized spacial score (nSPS) is 18.6. The zero-order valence-electron chi connectivity index (χ0n) is 8.48. The predicted octanol–water partition coefficient (Wildman–Crippen LogP) is 2.10. The Morgan fingerprint density at radius 1 is 1.44 bits per heavy atom. The molecule has 0 aromatic rings. The Kier molecular flexibility index (Phi) is 4.09. The number of hydrogen-bond acceptors (Lipinski definition) is 2. The Bertz CT molecular complexity index is 268. The van der Waals surface area contributed by atoms with E-state index < -0.39 is 24.8 Å². The molecule has 0 aliphatic heterocycles. The highest BCUT2D eigenvalue weighted by Crippen LogP contribution is 2.49. The Hall–Kier alpha value is -0.460. The lowest BCUT2D eigenvalue weighted by atomic mass is 10.1. The van der Waals surface area contributed by atoms with Crippen molar-refractivity contribution in [1.29, 1.82) is 0 Å². The minimum Gasteiger partial charge on any atom is -0.350 e. The fourth-order valence-electron chi connectivity index (χ4n) is 1.26. The number of rotatable bonds is 6. The van der Waals surface area contributed by atoms with E-state index in [1.54, 1.807) is 0 Å². The van der Waals surface area contributed by atoms with Crippen LogP contribution in [0, 0.1) is 5.41 Å². The molecule has 0 atom stereocenters.